The second-order valence-corrected chi connectivity index (χ2v) is 5.63. The van der Waals surface area contributed by atoms with Crippen molar-refractivity contribution < 1.29 is 33.6 Å². The number of rotatable bonds is 5. The van der Waals surface area contributed by atoms with Crippen LogP contribution in [0.4, 0.5) is 0 Å². The Hall–Kier alpha value is -2.58. The highest BCUT2D eigenvalue weighted by atomic mass is 16.7. The van der Waals surface area contributed by atoms with E-state index >= 15 is 0 Å². The summed E-state index contributed by atoms with van der Waals surface area (Å²) in [6.07, 6.45) is 2.28. The van der Waals surface area contributed by atoms with Crippen molar-refractivity contribution in [2.24, 2.45) is 0 Å². The predicted molar refractivity (Wildman–Crippen MR) is 85.3 cm³/mol. The van der Waals surface area contributed by atoms with Gasteiger partial charge in [-0.3, -0.25) is 9.59 Å². The molecule has 1 amide bonds. The molecule has 0 aromatic heterocycles. The summed E-state index contributed by atoms with van der Waals surface area (Å²) in [6, 6.07) is 4.38. The Morgan fingerprint density at radius 2 is 2.08 bits per heavy atom. The van der Waals surface area contributed by atoms with E-state index < -0.39 is 24.2 Å². The summed E-state index contributed by atoms with van der Waals surface area (Å²) in [7, 11) is 1.30. The van der Waals surface area contributed by atoms with Crippen LogP contribution in [-0.2, 0) is 14.3 Å². The third-order valence-electron chi connectivity index (χ3n) is 3.99. The molecule has 0 bridgehead atoms. The third-order valence-corrected chi connectivity index (χ3v) is 3.99. The Morgan fingerprint density at radius 1 is 1.28 bits per heavy atom. The van der Waals surface area contributed by atoms with Crippen molar-refractivity contribution in [1.82, 2.24) is 5.32 Å². The van der Waals surface area contributed by atoms with Gasteiger partial charge in [-0.15, -0.1) is 0 Å². The monoisotopic (exact) mass is 349 g/mol. The number of benzene rings is 1. The second-order valence-electron chi connectivity index (χ2n) is 5.63. The fourth-order valence-electron chi connectivity index (χ4n) is 2.66. The molecule has 0 saturated heterocycles. The number of hydrogen-bond acceptors (Lipinski definition) is 7. The first-order valence-corrected chi connectivity index (χ1v) is 7.82. The normalized spacial score (nSPS) is 24.0. The van der Waals surface area contributed by atoms with Crippen LogP contribution >= 0.6 is 0 Å². The first-order valence-electron chi connectivity index (χ1n) is 7.82. The summed E-state index contributed by atoms with van der Waals surface area (Å²) in [4.78, 5) is 23.7. The SMILES string of the molecule is COC(=O)C[C@@H]1C=C[C@@H](NC(=O)c2ccc3c(c2)OCO3)[C@@H](CO)O1. The molecule has 2 aliphatic rings. The molecular weight excluding hydrogens is 330 g/mol. The Bertz CT molecular complexity index is 688. The minimum atomic E-state index is -0.655. The lowest BCUT2D eigenvalue weighted by Gasteiger charge is -2.31. The minimum Gasteiger partial charge on any atom is -0.469 e. The summed E-state index contributed by atoms with van der Waals surface area (Å²) in [5.74, 6) is 0.367. The first kappa shape index (κ1) is 17.2. The van der Waals surface area contributed by atoms with Crippen molar-refractivity contribution >= 4 is 11.9 Å². The van der Waals surface area contributed by atoms with Crippen molar-refractivity contribution in [1.29, 1.82) is 0 Å². The molecule has 0 spiro atoms. The van der Waals surface area contributed by atoms with Gasteiger partial charge in [-0.1, -0.05) is 12.2 Å². The molecule has 8 heteroatoms. The molecule has 0 fully saturated rings. The van der Waals surface area contributed by atoms with Gasteiger partial charge in [-0.05, 0) is 18.2 Å². The van der Waals surface area contributed by atoms with Crippen LogP contribution in [0.15, 0.2) is 30.4 Å². The number of ether oxygens (including phenoxy) is 4. The van der Waals surface area contributed by atoms with Crippen LogP contribution in [0.1, 0.15) is 16.8 Å². The zero-order valence-electron chi connectivity index (χ0n) is 13.6. The average molecular weight is 349 g/mol. The predicted octanol–water partition coefficient (Wildman–Crippen LogP) is 0.393. The fourth-order valence-corrected chi connectivity index (χ4v) is 2.66. The van der Waals surface area contributed by atoms with E-state index in [9.17, 15) is 14.7 Å². The molecule has 2 N–H and O–H groups in total. The molecule has 3 rings (SSSR count). The zero-order valence-corrected chi connectivity index (χ0v) is 13.6. The van der Waals surface area contributed by atoms with Crippen LogP contribution in [0.2, 0.25) is 0 Å². The van der Waals surface area contributed by atoms with E-state index in [2.05, 4.69) is 10.1 Å². The van der Waals surface area contributed by atoms with Gasteiger partial charge in [0.15, 0.2) is 11.5 Å². The highest BCUT2D eigenvalue weighted by Gasteiger charge is 2.29. The standard InChI is InChI=1S/C17H19NO7/c1-22-16(20)7-11-3-4-12(15(8-19)25-11)18-17(21)10-2-5-13-14(6-10)24-9-23-13/h2-6,11-12,15,19H,7-9H2,1H3,(H,18,21)/t11-,12+,15+/m0/s1. The molecule has 1 aromatic rings. The topological polar surface area (TPSA) is 103 Å². The number of aliphatic hydroxyl groups is 1. The summed E-state index contributed by atoms with van der Waals surface area (Å²) in [5.41, 5.74) is 0.408. The number of hydrogen-bond donors (Lipinski definition) is 2. The Balaban J connectivity index is 1.66. The molecule has 0 saturated carbocycles. The lowest BCUT2D eigenvalue weighted by Crippen LogP contribution is -2.48. The number of methoxy groups -OCH3 is 1. The molecule has 134 valence electrons. The third kappa shape index (κ3) is 3.92. The van der Waals surface area contributed by atoms with Gasteiger partial charge in [0.05, 0.1) is 32.3 Å². The lowest BCUT2D eigenvalue weighted by molar-refractivity contribution is -0.144. The van der Waals surface area contributed by atoms with Gasteiger partial charge >= 0.3 is 5.97 Å². The van der Waals surface area contributed by atoms with E-state index in [1.165, 1.54) is 7.11 Å². The van der Waals surface area contributed by atoms with Gasteiger partial charge < -0.3 is 29.4 Å². The largest absolute Gasteiger partial charge is 0.469 e. The average Bonchev–Trinajstić information content (AvgIpc) is 3.10. The fraction of sp³-hybridized carbons (Fsp3) is 0.412. The van der Waals surface area contributed by atoms with E-state index in [-0.39, 0.29) is 25.7 Å². The number of carbonyl (C=O) groups is 2. The van der Waals surface area contributed by atoms with Gasteiger partial charge in [-0.25, -0.2) is 0 Å². The first-order chi connectivity index (χ1) is 12.1. The Morgan fingerprint density at radius 3 is 2.84 bits per heavy atom. The van der Waals surface area contributed by atoms with E-state index in [1.54, 1.807) is 30.4 Å². The van der Waals surface area contributed by atoms with Crippen molar-refractivity contribution in [2.45, 2.75) is 24.7 Å². The van der Waals surface area contributed by atoms with E-state index in [1.807, 2.05) is 0 Å². The van der Waals surface area contributed by atoms with Crippen LogP contribution in [0, 0.1) is 0 Å². The minimum absolute atomic E-state index is 0.0479. The molecule has 2 heterocycles. The highest BCUT2D eigenvalue weighted by molar-refractivity contribution is 5.95. The van der Waals surface area contributed by atoms with E-state index in [4.69, 9.17) is 14.2 Å². The molecular formula is C17H19NO7. The molecule has 2 aliphatic heterocycles. The number of nitrogens with one attached hydrogen (secondary N) is 1. The van der Waals surface area contributed by atoms with Crippen molar-refractivity contribution in [3.63, 3.8) is 0 Å². The smallest absolute Gasteiger partial charge is 0.308 e. The summed E-state index contributed by atoms with van der Waals surface area (Å²) >= 11 is 0. The molecule has 3 atom stereocenters. The Labute approximate surface area is 144 Å². The summed E-state index contributed by atoms with van der Waals surface area (Å²) < 4.78 is 20.7. The molecule has 0 radical (unpaired) electrons. The van der Waals surface area contributed by atoms with Crippen LogP contribution < -0.4 is 14.8 Å². The number of amides is 1. The van der Waals surface area contributed by atoms with Crippen LogP contribution in [0.3, 0.4) is 0 Å². The van der Waals surface area contributed by atoms with Gasteiger partial charge in [0.25, 0.3) is 5.91 Å². The van der Waals surface area contributed by atoms with E-state index in [0.717, 1.165) is 0 Å². The van der Waals surface area contributed by atoms with Crippen LogP contribution in [0.25, 0.3) is 0 Å². The lowest BCUT2D eigenvalue weighted by atomic mass is 10.0. The molecule has 25 heavy (non-hydrogen) atoms. The number of carbonyl (C=O) groups excluding carboxylic acids is 2. The quantitative estimate of drug-likeness (QED) is 0.585. The molecule has 0 unspecified atom stereocenters. The van der Waals surface area contributed by atoms with Crippen LogP contribution in [0.5, 0.6) is 11.5 Å². The highest BCUT2D eigenvalue weighted by Crippen LogP contribution is 2.32. The van der Waals surface area contributed by atoms with Crippen molar-refractivity contribution in [3.05, 3.63) is 35.9 Å². The maximum Gasteiger partial charge on any atom is 0.308 e. The van der Waals surface area contributed by atoms with Gasteiger partial charge in [0, 0.05) is 5.56 Å². The van der Waals surface area contributed by atoms with Gasteiger partial charge in [0.2, 0.25) is 6.79 Å². The molecule has 1 aromatic carbocycles. The number of esters is 1. The summed E-state index contributed by atoms with van der Waals surface area (Å²) in [5, 5.41) is 12.3. The van der Waals surface area contributed by atoms with Crippen LogP contribution in [-0.4, -0.2) is 55.7 Å². The van der Waals surface area contributed by atoms with Crippen molar-refractivity contribution in [2.75, 3.05) is 20.5 Å². The number of fused-ring (bicyclic) bond motifs is 1. The second kappa shape index (κ2) is 7.54. The van der Waals surface area contributed by atoms with Gasteiger partial charge in [-0.2, -0.15) is 0 Å². The maximum absolute atomic E-state index is 12.4. The maximum atomic E-state index is 12.4. The van der Waals surface area contributed by atoms with Crippen molar-refractivity contribution in [3.8, 4) is 11.5 Å². The Kier molecular flexibility index (Phi) is 5.20. The summed E-state index contributed by atoms with van der Waals surface area (Å²) in [6.45, 7) is -0.165. The molecule has 0 aliphatic carbocycles. The van der Waals surface area contributed by atoms with E-state index in [0.29, 0.717) is 17.1 Å². The van der Waals surface area contributed by atoms with Gasteiger partial charge in [0.1, 0.15) is 6.10 Å². The molecule has 8 nitrogen and oxygen atoms in total. The number of aliphatic hydroxyl groups excluding tert-OH is 1. The zero-order chi connectivity index (χ0) is 17.8.